The van der Waals surface area contributed by atoms with Gasteiger partial charge in [0.1, 0.15) is 6.04 Å². The Kier molecular flexibility index (Phi) is 11.0. The van der Waals surface area contributed by atoms with Crippen LogP contribution in [0, 0.1) is 0 Å². The Labute approximate surface area is 195 Å². The van der Waals surface area contributed by atoms with Gasteiger partial charge < -0.3 is 10.2 Å². The zero-order valence-corrected chi connectivity index (χ0v) is 20.2. The SMILES string of the molecule is CC[C@H](C)NC(=O)[C@H](CC)N(Cc1ccccc1Cl)C(=O)CCSCc1ccccc1. The summed E-state index contributed by atoms with van der Waals surface area (Å²) in [5.41, 5.74) is 2.09. The van der Waals surface area contributed by atoms with Gasteiger partial charge in [-0.3, -0.25) is 9.59 Å². The second-order valence-electron chi connectivity index (χ2n) is 7.64. The minimum atomic E-state index is -0.517. The summed E-state index contributed by atoms with van der Waals surface area (Å²) in [7, 11) is 0. The molecule has 0 aromatic heterocycles. The second-order valence-corrected chi connectivity index (χ2v) is 9.16. The molecule has 0 radical (unpaired) electrons. The van der Waals surface area contributed by atoms with Crippen LogP contribution in [0.25, 0.3) is 0 Å². The monoisotopic (exact) mass is 460 g/mol. The average molecular weight is 461 g/mol. The molecule has 168 valence electrons. The van der Waals surface area contributed by atoms with Gasteiger partial charge >= 0.3 is 0 Å². The predicted molar refractivity (Wildman–Crippen MR) is 131 cm³/mol. The van der Waals surface area contributed by atoms with Crippen LogP contribution in [0.5, 0.6) is 0 Å². The first-order chi connectivity index (χ1) is 15.0. The quantitative estimate of drug-likeness (QED) is 0.414. The number of hydrogen-bond acceptors (Lipinski definition) is 3. The van der Waals surface area contributed by atoms with Crippen molar-refractivity contribution in [3.05, 3.63) is 70.7 Å². The molecule has 0 saturated carbocycles. The van der Waals surface area contributed by atoms with Gasteiger partial charge in [-0.2, -0.15) is 11.8 Å². The topological polar surface area (TPSA) is 49.4 Å². The molecule has 0 aliphatic carbocycles. The number of benzene rings is 2. The van der Waals surface area contributed by atoms with Crippen LogP contribution in [0.15, 0.2) is 54.6 Å². The first-order valence-electron chi connectivity index (χ1n) is 10.9. The molecule has 0 spiro atoms. The van der Waals surface area contributed by atoms with Gasteiger partial charge in [0.25, 0.3) is 0 Å². The average Bonchev–Trinajstić information content (AvgIpc) is 2.78. The summed E-state index contributed by atoms with van der Waals surface area (Å²) in [6.07, 6.45) is 1.78. The number of amides is 2. The zero-order chi connectivity index (χ0) is 22.6. The van der Waals surface area contributed by atoms with Crippen LogP contribution in [0.4, 0.5) is 0 Å². The molecule has 2 aromatic rings. The minimum absolute atomic E-state index is 0.0216. The van der Waals surface area contributed by atoms with E-state index in [4.69, 9.17) is 11.6 Å². The Morgan fingerprint density at radius 1 is 1.03 bits per heavy atom. The van der Waals surface area contributed by atoms with Crippen LogP contribution >= 0.6 is 23.4 Å². The zero-order valence-electron chi connectivity index (χ0n) is 18.6. The van der Waals surface area contributed by atoms with Crippen molar-refractivity contribution in [2.45, 2.75) is 64.4 Å². The highest BCUT2D eigenvalue weighted by Gasteiger charge is 2.29. The van der Waals surface area contributed by atoms with Crippen LogP contribution < -0.4 is 5.32 Å². The lowest BCUT2D eigenvalue weighted by Gasteiger charge is -2.31. The third-order valence-corrected chi connectivity index (χ3v) is 6.66. The molecule has 31 heavy (non-hydrogen) atoms. The van der Waals surface area contributed by atoms with E-state index in [1.165, 1.54) is 5.56 Å². The fraction of sp³-hybridized carbons (Fsp3) is 0.440. The molecule has 2 atom stereocenters. The number of nitrogens with one attached hydrogen (secondary N) is 1. The van der Waals surface area contributed by atoms with E-state index in [1.54, 1.807) is 16.7 Å². The first-order valence-corrected chi connectivity index (χ1v) is 12.4. The summed E-state index contributed by atoms with van der Waals surface area (Å²) in [6.45, 7) is 6.28. The summed E-state index contributed by atoms with van der Waals surface area (Å²) in [4.78, 5) is 27.9. The molecule has 0 bridgehead atoms. The molecular weight excluding hydrogens is 428 g/mol. The number of thioether (sulfide) groups is 1. The first kappa shape index (κ1) is 25.3. The Morgan fingerprint density at radius 3 is 2.35 bits per heavy atom. The van der Waals surface area contributed by atoms with E-state index in [0.29, 0.717) is 30.2 Å². The van der Waals surface area contributed by atoms with Gasteiger partial charge in [-0.15, -0.1) is 0 Å². The fourth-order valence-electron chi connectivity index (χ4n) is 3.24. The number of rotatable bonds is 12. The van der Waals surface area contributed by atoms with Crippen LogP contribution in [-0.4, -0.2) is 34.6 Å². The maximum Gasteiger partial charge on any atom is 0.243 e. The molecule has 1 N–H and O–H groups in total. The lowest BCUT2D eigenvalue weighted by atomic mass is 10.1. The molecule has 2 rings (SSSR count). The molecular formula is C25H33ClN2O2S. The lowest BCUT2D eigenvalue weighted by molar-refractivity contribution is -0.141. The van der Waals surface area contributed by atoms with Crippen molar-refractivity contribution >= 4 is 35.2 Å². The Hall–Kier alpha value is -1.98. The van der Waals surface area contributed by atoms with Crippen LogP contribution in [-0.2, 0) is 21.9 Å². The van der Waals surface area contributed by atoms with E-state index in [-0.39, 0.29) is 17.9 Å². The van der Waals surface area contributed by atoms with Crippen molar-refractivity contribution in [2.24, 2.45) is 0 Å². The van der Waals surface area contributed by atoms with Gasteiger partial charge in [0.2, 0.25) is 11.8 Å². The van der Waals surface area contributed by atoms with Crippen molar-refractivity contribution in [3.8, 4) is 0 Å². The Bertz CT molecular complexity index is 831. The number of carbonyl (C=O) groups is 2. The van der Waals surface area contributed by atoms with Crippen molar-refractivity contribution in [3.63, 3.8) is 0 Å². The molecule has 0 unspecified atom stereocenters. The summed E-state index contributed by atoms with van der Waals surface area (Å²) in [5, 5.41) is 3.64. The van der Waals surface area contributed by atoms with Crippen LogP contribution in [0.2, 0.25) is 5.02 Å². The molecule has 0 aliphatic heterocycles. The van der Waals surface area contributed by atoms with Crippen molar-refractivity contribution in [1.29, 1.82) is 0 Å². The third kappa shape index (κ3) is 8.23. The van der Waals surface area contributed by atoms with E-state index < -0.39 is 6.04 Å². The highest BCUT2D eigenvalue weighted by Crippen LogP contribution is 2.21. The summed E-state index contributed by atoms with van der Waals surface area (Å²) >= 11 is 8.09. The van der Waals surface area contributed by atoms with Gasteiger partial charge in [0, 0.05) is 35.5 Å². The summed E-state index contributed by atoms with van der Waals surface area (Å²) in [6, 6.07) is 17.3. The van der Waals surface area contributed by atoms with Crippen molar-refractivity contribution < 1.29 is 9.59 Å². The fourth-order valence-corrected chi connectivity index (χ4v) is 4.33. The van der Waals surface area contributed by atoms with Gasteiger partial charge in [0.15, 0.2) is 0 Å². The summed E-state index contributed by atoms with van der Waals surface area (Å²) in [5.74, 6) is 1.45. The molecule has 0 saturated heterocycles. The standard InChI is InChI=1S/C25H33ClN2O2S/c1-4-19(3)27-25(30)23(5-2)28(17-21-13-9-10-14-22(21)26)24(29)15-16-31-18-20-11-7-6-8-12-20/h6-14,19,23H,4-5,15-18H2,1-3H3,(H,27,30)/t19-,23-/m0/s1. The van der Waals surface area contributed by atoms with Gasteiger partial charge in [-0.25, -0.2) is 0 Å². The highest BCUT2D eigenvalue weighted by atomic mass is 35.5. The number of halogens is 1. The van der Waals surface area contributed by atoms with E-state index >= 15 is 0 Å². The molecule has 4 nitrogen and oxygen atoms in total. The smallest absolute Gasteiger partial charge is 0.243 e. The number of carbonyl (C=O) groups excluding carboxylic acids is 2. The molecule has 2 aromatic carbocycles. The molecule has 6 heteroatoms. The highest BCUT2D eigenvalue weighted by molar-refractivity contribution is 7.98. The third-order valence-electron chi connectivity index (χ3n) is 5.26. The lowest BCUT2D eigenvalue weighted by Crippen LogP contribution is -2.50. The maximum atomic E-state index is 13.2. The molecule has 2 amide bonds. The number of nitrogens with zero attached hydrogens (tertiary/aromatic N) is 1. The van der Waals surface area contributed by atoms with Crippen molar-refractivity contribution in [2.75, 3.05) is 5.75 Å². The largest absolute Gasteiger partial charge is 0.352 e. The van der Waals surface area contributed by atoms with Crippen LogP contribution in [0.1, 0.15) is 51.2 Å². The maximum absolute atomic E-state index is 13.2. The normalized spacial score (nSPS) is 12.8. The van der Waals surface area contributed by atoms with Gasteiger partial charge in [0.05, 0.1) is 0 Å². The molecule has 0 heterocycles. The van der Waals surface area contributed by atoms with E-state index in [2.05, 4.69) is 17.4 Å². The predicted octanol–water partition coefficient (Wildman–Crippen LogP) is 5.69. The van der Waals surface area contributed by atoms with Gasteiger partial charge in [-0.05, 0) is 37.0 Å². The Morgan fingerprint density at radius 2 is 1.71 bits per heavy atom. The van der Waals surface area contributed by atoms with Crippen LogP contribution in [0.3, 0.4) is 0 Å². The summed E-state index contributed by atoms with van der Waals surface area (Å²) < 4.78 is 0. The molecule has 0 fully saturated rings. The van der Waals surface area contributed by atoms with Gasteiger partial charge in [-0.1, -0.05) is 74.0 Å². The van der Waals surface area contributed by atoms with E-state index in [1.807, 2.05) is 63.2 Å². The number of hydrogen-bond donors (Lipinski definition) is 1. The van der Waals surface area contributed by atoms with Crippen molar-refractivity contribution in [1.82, 2.24) is 10.2 Å². The Balaban J connectivity index is 2.08. The van der Waals surface area contributed by atoms with E-state index in [0.717, 1.165) is 17.7 Å². The van der Waals surface area contributed by atoms with E-state index in [9.17, 15) is 9.59 Å². The molecule has 0 aliphatic rings. The second kappa shape index (κ2) is 13.4. The minimum Gasteiger partial charge on any atom is -0.352 e.